The Kier molecular flexibility index (Phi) is 5.79. The molecule has 0 amide bonds. The molecule has 1 N–H and O–H groups in total. The van der Waals surface area contributed by atoms with Gasteiger partial charge in [0.25, 0.3) is 0 Å². The second-order valence-electron chi connectivity index (χ2n) is 3.84. The molecule has 1 unspecified atom stereocenters. The van der Waals surface area contributed by atoms with Gasteiger partial charge in [-0.1, -0.05) is 26.7 Å². The van der Waals surface area contributed by atoms with Crippen LogP contribution in [0.2, 0.25) is 19.1 Å². The van der Waals surface area contributed by atoms with Gasteiger partial charge in [-0.2, -0.15) is 0 Å². The fourth-order valence-electron chi connectivity index (χ4n) is 1.11. The predicted octanol–water partition coefficient (Wildman–Crippen LogP) is 2.74. The number of unbranched alkanes of at least 4 members (excludes halogenated alkanes) is 1. The van der Waals surface area contributed by atoms with E-state index in [4.69, 9.17) is 4.43 Å². The van der Waals surface area contributed by atoms with Gasteiger partial charge >= 0.3 is 0 Å². The van der Waals surface area contributed by atoms with Crippen molar-refractivity contribution in [2.24, 2.45) is 0 Å². The van der Waals surface area contributed by atoms with E-state index in [0.717, 1.165) is 6.04 Å². The second-order valence-corrected chi connectivity index (χ2v) is 8.10. The van der Waals surface area contributed by atoms with E-state index in [0.29, 0.717) is 6.42 Å². The summed E-state index contributed by atoms with van der Waals surface area (Å²) in [6.45, 7) is 8.46. The van der Waals surface area contributed by atoms with Crippen molar-refractivity contribution in [1.29, 1.82) is 0 Å². The largest absolute Gasteiger partial charge is 0.393 e. The van der Waals surface area contributed by atoms with Crippen LogP contribution < -0.4 is 0 Å². The van der Waals surface area contributed by atoms with Crippen molar-refractivity contribution < 1.29 is 9.53 Å². The highest BCUT2D eigenvalue weighted by molar-refractivity contribution is 6.71. The SMILES string of the molecule is CCCC[Si](C)(C)OC(O)CC. The summed E-state index contributed by atoms with van der Waals surface area (Å²) < 4.78 is 5.58. The van der Waals surface area contributed by atoms with Gasteiger partial charge in [0.05, 0.1) is 0 Å². The Morgan fingerprint density at radius 1 is 1.33 bits per heavy atom. The van der Waals surface area contributed by atoms with Crippen LogP contribution >= 0.6 is 0 Å². The van der Waals surface area contributed by atoms with Crippen molar-refractivity contribution in [3.05, 3.63) is 0 Å². The van der Waals surface area contributed by atoms with E-state index in [2.05, 4.69) is 20.0 Å². The monoisotopic (exact) mass is 190 g/mol. The van der Waals surface area contributed by atoms with Crippen LogP contribution in [-0.4, -0.2) is 19.7 Å². The number of hydrogen-bond acceptors (Lipinski definition) is 2. The van der Waals surface area contributed by atoms with Crippen molar-refractivity contribution in [3.8, 4) is 0 Å². The van der Waals surface area contributed by atoms with Gasteiger partial charge < -0.3 is 9.53 Å². The third kappa shape index (κ3) is 5.74. The predicted molar refractivity (Wildman–Crippen MR) is 54.6 cm³/mol. The van der Waals surface area contributed by atoms with Gasteiger partial charge in [-0.05, 0) is 25.6 Å². The maximum absolute atomic E-state index is 9.31. The molecule has 74 valence electrons. The Balaban J connectivity index is 3.69. The molecule has 0 rings (SSSR count). The van der Waals surface area contributed by atoms with E-state index in [1.54, 1.807) is 0 Å². The average molecular weight is 190 g/mol. The summed E-state index contributed by atoms with van der Waals surface area (Å²) in [4.78, 5) is 0. The van der Waals surface area contributed by atoms with E-state index in [1.807, 2.05) is 6.92 Å². The summed E-state index contributed by atoms with van der Waals surface area (Å²) in [6.07, 6.45) is 2.59. The zero-order valence-electron chi connectivity index (χ0n) is 8.76. The molecule has 0 bridgehead atoms. The molecular weight excluding hydrogens is 168 g/mol. The first-order chi connectivity index (χ1) is 5.52. The lowest BCUT2D eigenvalue weighted by Gasteiger charge is -2.25. The highest BCUT2D eigenvalue weighted by Crippen LogP contribution is 2.17. The van der Waals surface area contributed by atoms with Crippen LogP contribution in [0.4, 0.5) is 0 Å². The van der Waals surface area contributed by atoms with Gasteiger partial charge in [-0.3, -0.25) is 0 Å². The molecule has 12 heavy (non-hydrogen) atoms. The van der Waals surface area contributed by atoms with Crippen LogP contribution in [0, 0.1) is 0 Å². The fourth-order valence-corrected chi connectivity index (χ4v) is 3.34. The maximum atomic E-state index is 9.31. The first kappa shape index (κ1) is 12.1. The molecule has 0 aliphatic carbocycles. The number of aliphatic hydroxyl groups is 1. The number of aliphatic hydroxyl groups excluding tert-OH is 1. The van der Waals surface area contributed by atoms with Crippen molar-refractivity contribution in [1.82, 2.24) is 0 Å². The summed E-state index contributed by atoms with van der Waals surface area (Å²) >= 11 is 0. The molecule has 0 aliphatic heterocycles. The molecule has 0 aromatic rings. The third-order valence-electron chi connectivity index (χ3n) is 1.94. The Bertz CT molecular complexity index is 115. The van der Waals surface area contributed by atoms with E-state index in [9.17, 15) is 5.11 Å². The smallest absolute Gasteiger partial charge is 0.190 e. The Morgan fingerprint density at radius 3 is 2.33 bits per heavy atom. The Labute approximate surface area is 77.1 Å². The Hall–Kier alpha value is 0.137. The first-order valence-electron chi connectivity index (χ1n) is 4.87. The lowest BCUT2D eigenvalue weighted by molar-refractivity contribution is -0.0267. The lowest BCUT2D eigenvalue weighted by Crippen LogP contribution is -2.35. The summed E-state index contributed by atoms with van der Waals surface area (Å²) in [6, 6.07) is 1.15. The van der Waals surface area contributed by atoms with Gasteiger partial charge in [0, 0.05) is 0 Å². The standard InChI is InChI=1S/C9H22O2Si/c1-5-7-8-12(3,4)11-9(10)6-2/h9-10H,5-8H2,1-4H3. The molecule has 0 radical (unpaired) electrons. The van der Waals surface area contributed by atoms with Crippen LogP contribution in [-0.2, 0) is 4.43 Å². The second kappa shape index (κ2) is 5.73. The lowest BCUT2D eigenvalue weighted by atomic mass is 10.4. The van der Waals surface area contributed by atoms with E-state index in [1.165, 1.54) is 12.8 Å². The molecule has 0 aliphatic rings. The molecule has 0 saturated heterocycles. The van der Waals surface area contributed by atoms with Crippen molar-refractivity contribution >= 4 is 8.32 Å². The number of rotatable bonds is 6. The van der Waals surface area contributed by atoms with Gasteiger partial charge in [0.1, 0.15) is 6.29 Å². The van der Waals surface area contributed by atoms with Crippen molar-refractivity contribution in [2.45, 2.75) is 58.5 Å². The zero-order chi connectivity index (χ0) is 9.61. The molecule has 2 nitrogen and oxygen atoms in total. The minimum absolute atomic E-state index is 0.538. The molecule has 0 spiro atoms. The third-order valence-corrected chi connectivity index (χ3v) is 4.40. The van der Waals surface area contributed by atoms with E-state index in [-0.39, 0.29) is 0 Å². The van der Waals surface area contributed by atoms with Crippen LogP contribution in [0.15, 0.2) is 0 Å². The molecule has 0 heterocycles. The average Bonchev–Trinajstić information content (AvgIpc) is 2.00. The normalized spacial score (nSPS) is 14.8. The van der Waals surface area contributed by atoms with Gasteiger partial charge in [0.2, 0.25) is 0 Å². The molecule has 1 atom stereocenters. The van der Waals surface area contributed by atoms with E-state index >= 15 is 0 Å². The van der Waals surface area contributed by atoms with Crippen molar-refractivity contribution in [3.63, 3.8) is 0 Å². The van der Waals surface area contributed by atoms with Crippen LogP contribution in [0.3, 0.4) is 0 Å². The van der Waals surface area contributed by atoms with E-state index < -0.39 is 14.6 Å². The minimum atomic E-state index is -1.56. The fraction of sp³-hybridized carbons (Fsp3) is 1.00. The molecule has 0 aromatic heterocycles. The van der Waals surface area contributed by atoms with Crippen LogP contribution in [0.5, 0.6) is 0 Å². The molecule has 0 aromatic carbocycles. The van der Waals surface area contributed by atoms with Crippen molar-refractivity contribution in [2.75, 3.05) is 0 Å². The first-order valence-corrected chi connectivity index (χ1v) is 7.99. The molecule has 0 saturated carbocycles. The molecule has 0 fully saturated rings. The maximum Gasteiger partial charge on any atom is 0.190 e. The minimum Gasteiger partial charge on any atom is -0.393 e. The topological polar surface area (TPSA) is 29.5 Å². The summed E-state index contributed by atoms with van der Waals surface area (Å²) in [7, 11) is -1.56. The quantitative estimate of drug-likeness (QED) is 0.515. The highest BCUT2D eigenvalue weighted by atomic mass is 28.4. The number of hydrogen-bond donors (Lipinski definition) is 1. The van der Waals surface area contributed by atoms with Crippen LogP contribution in [0.25, 0.3) is 0 Å². The molecule has 3 heteroatoms. The zero-order valence-corrected chi connectivity index (χ0v) is 9.76. The van der Waals surface area contributed by atoms with Gasteiger partial charge in [-0.25, -0.2) is 0 Å². The Morgan fingerprint density at radius 2 is 1.92 bits per heavy atom. The summed E-state index contributed by atoms with van der Waals surface area (Å²) in [5.41, 5.74) is 0. The summed E-state index contributed by atoms with van der Waals surface area (Å²) in [5.74, 6) is 0. The van der Waals surface area contributed by atoms with Crippen LogP contribution in [0.1, 0.15) is 33.1 Å². The van der Waals surface area contributed by atoms with Gasteiger partial charge in [-0.15, -0.1) is 0 Å². The molecular formula is C9H22O2Si. The van der Waals surface area contributed by atoms with Gasteiger partial charge in [0.15, 0.2) is 8.32 Å². The highest BCUT2D eigenvalue weighted by Gasteiger charge is 2.24. The summed E-state index contributed by atoms with van der Waals surface area (Å²) in [5, 5.41) is 9.31.